The van der Waals surface area contributed by atoms with Gasteiger partial charge in [-0.15, -0.1) is 0 Å². The van der Waals surface area contributed by atoms with Gasteiger partial charge in [-0.2, -0.15) is 0 Å². The van der Waals surface area contributed by atoms with Gasteiger partial charge in [0, 0.05) is 18.7 Å². The number of carbonyl (C=O) groups is 2. The Morgan fingerprint density at radius 1 is 1.10 bits per heavy atom. The highest BCUT2D eigenvalue weighted by atomic mass is 16.2. The van der Waals surface area contributed by atoms with Crippen LogP contribution >= 0.6 is 0 Å². The topological polar surface area (TPSA) is 87.2 Å². The highest BCUT2D eigenvalue weighted by molar-refractivity contribution is 6.05. The van der Waals surface area contributed by atoms with Crippen molar-refractivity contribution in [3.63, 3.8) is 0 Å². The lowest BCUT2D eigenvalue weighted by atomic mass is 10.1. The highest BCUT2D eigenvalue weighted by Crippen LogP contribution is 2.20. The second-order valence-electron chi connectivity index (χ2n) is 6.83. The van der Waals surface area contributed by atoms with Crippen LogP contribution in [0.25, 0.3) is 11.3 Å². The van der Waals surface area contributed by atoms with E-state index < -0.39 is 0 Å². The molecule has 1 fully saturated rings. The predicted octanol–water partition coefficient (Wildman–Crippen LogP) is 2.64. The largest absolute Gasteiger partial charge is 0.353 e. The number of carbonyl (C=O) groups excluding carboxylic acids is 2. The lowest BCUT2D eigenvalue weighted by molar-refractivity contribution is -0.120. The van der Waals surface area contributed by atoms with Gasteiger partial charge in [-0.25, -0.2) is 4.98 Å². The van der Waals surface area contributed by atoms with E-state index in [1.165, 1.54) is 0 Å². The molecule has 3 heterocycles. The number of benzene rings is 1. The van der Waals surface area contributed by atoms with Gasteiger partial charge in [0.05, 0.1) is 35.4 Å². The molecular formula is C22H21N5O2. The van der Waals surface area contributed by atoms with E-state index >= 15 is 0 Å². The van der Waals surface area contributed by atoms with Gasteiger partial charge in [0.15, 0.2) is 0 Å². The van der Waals surface area contributed by atoms with E-state index in [-0.39, 0.29) is 18.4 Å². The molecule has 0 radical (unpaired) electrons. The molecule has 2 aromatic heterocycles. The molecule has 1 aliphatic rings. The Balaban J connectivity index is 1.46. The molecule has 0 saturated carbocycles. The molecule has 0 unspecified atom stereocenters. The molecule has 7 nitrogen and oxygen atoms in total. The van der Waals surface area contributed by atoms with Crippen molar-refractivity contribution in [2.24, 2.45) is 0 Å². The molecule has 7 heteroatoms. The van der Waals surface area contributed by atoms with Crippen molar-refractivity contribution in [3.05, 3.63) is 72.1 Å². The average molecular weight is 387 g/mol. The summed E-state index contributed by atoms with van der Waals surface area (Å²) in [5.74, 6) is 0.460. The molecular weight excluding hydrogens is 366 g/mol. The van der Waals surface area contributed by atoms with E-state index in [0.29, 0.717) is 35.9 Å². The van der Waals surface area contributed by atoms with Gasteiger partial charge < -0.3 is 15.5 Å². The van der Waals surface area contributed by atoms with Crippen molar-refractivity contribution in [1.82, 2.24) is 15.3 Å². The molecule has 2 amide bonds. The summed E-state index contributed by atoms with van der Waals surface area (Å²) in [7, 11) is 0. The number of nitrogens with zero attached hydrogens (tertiary/aromatic N) is 3. The third-order valence-corrected chi connectivity index (χ3v) is 4.77. The second kappa shape index (κ2) is 8.10. The van der Waals surface area contributed by atoms with Gasteiger partial charge in [0.2, 0.25) is 5.91 Å². The number of amides is 2. The van der Waals surface area contributed by atoms with Gasteiger partial charge >= 0.3 is 0 Å². The van der Waals surface area contributed by atoms with Crippen LogP contribution in [0.3, 0.4) is 0 Å². The third kappa shape index (κ3) is 4.24. The van der Waals surface area contributed by atoms with E-state index in [0.717, 1.165) is 11.3 Å². The number of rotatable bonds is 4. The van der Waals surface area contributed by atoms with Crippen molar-refractivity contribution >= 4 is 23.3 Å². The maximum atomic E-state index is 12.7. The number of anilines is 2. The quantitative estimate of drug-likeness (QED) is 0.719. The van der Waals surface area contributed by atoms with E-state index in [2.05, 4.69) is 20.6 Å². The first-order valence-corrected chi connectivity index (χ1v) is 9.42. The van der Waals surface area contributed by atoms with Crippen LogP contribution in [0.2, 0.25) is 0 Å². The van der Waals surface area contributed by atoms with Crippen LogP contribution in [0, 0.1) is 6.92 Å². The fraction of sp³-hybridized carbons (Fsp3) is 0.182. The molecule has 0 atom stereocenters. The number of pyridine rings is 2. The Kier molecular flexibility index (Phi) is 5.20. The number of aromatic nitrogens is 2. The summed E-state index contributed by atoms with van der Waals surface area (Å²) >= 11 is 0. The van der Waals surface area contributed by atoms with Gasteiger partial charge in [-0.1, -0.05) is 30.3 Å². The molecule has 1 saturated heterocycles. The Hall–Kier alpha value is -3.74. The molecule has 4 rings (SSSR count). The van der Waals surface area contributed by atoms with E-state index in [1.54, 1.807) is 24.4 Å². The fourth-order valence-corrected chi connectivity index (χ4v) is 3.25. The van der Waals surface area contributed by atoms with Crippen molar-refractivity contribution in [1.29, 1.82) is 0 Å². The minimum atomic E-state index is -0.235. The zero-order valence-electron chi connectivity index (χ0n) is 16.1. The number of hydrogen-bond donors (Lipinski definition) is 2. The normalized spacial score (nSPS) is 13.7. The molecule has 0 spiro atoms. The highest BCUT2D eigenvalue weighted by Gasteiger charge is 2.17. The minimum absolute atomic E-state index is 0.0163. The van der Waals surface area contributed by atoms with Gasteiger partial charge in [-0.3, -0.25) is 14.6 Å². The first-order valence-electron chi connectivity index (χ1n) is 9.42. The first-order chi connectivity index (χ1) is 14.1. The summed E-state index contributed by atoms with van der Waals surface area (Å²) in [5, 5.41) is 5.64. The first kappa shape index (κ1) is 18.6. The van der Waals surface area contributed by atoms with Crippen LogP contribution in [0.15, 0.2) is 60.8 Å². The van der Waals surface area contributed by atoms with Gasteiger partial charge in [0.25, 0.3) is 5.91 Å². The summed E-state index contributed by atoms with van der Waals surface area (Å²) in [4.78, 5) is 35.0. The molecule has 0 bridgehead atoms. The van der Waals surface area contributed by atoms with Gasteiger partial charge in [0.1, 0.15) is 5.82 Å². The maximum absolute atomic E-state index is 12.7. The summed E-state index contributed by atoms with van der Waals surface area (Å²) in [6, 6.07) is 17.1. The predicted molar refractivity (Wildman–Crippen MR) is 112 cm³/mol. The lowest BCUT2D eigenvalue weighted by Gasteiger charge is -2.27. The smallest absolute Gasteiger partial charge is 0.257 e. The van der Waals surface area contributed by atoms with Crippen LogP contribution in [0.1, 0.15) is 16.1 Å². The number of aryl methyl sites for hydroxylation is 1. The summed E-state index contributed by atoms with van der Waals surface area (Å²) in [6.07, 6.45) is 1.60. The Bertz CT molecular complexity index is 1030. The van der Waals surface area contributed by atoms with E-state index in [9.17, 15) is 9.59 Å². The fourth-order valence-electron chi connectivity index (χ4n) is 3.25. The zero-order chi connectivity index (χ0) is 20.2. The Morgan fingerprint density at radius 2 is 1.93 bits per heavy atom. The Morgan fingerprint density at radius 3 is 2.62 bits per heavy atom. The van der Waals surface area contributed by atoms with Crippen LogP contribution in [0.4, 0.5) is 11.5 Å². The number of piperazine rings is 1. The van der Waals surface area contributed by atoms with Crippen LogP contribution in [-0.2, 0) is 4.79 Å². The minimum Gasteiger partial charge on any atom is -0.353 e. The molecule has 1 aliphatic heterocycles. The molecule has 0 aliphatic carbocycles. The van der Waals surface area contributed by atoms with Crippen molar-refractivity contribution < 1.29 is 9.59 Å². The van der Waals surface area contributed by atoms with Crippen LogP contribution in [-0.4, -0.2) is 41.4 Å². The monoisotopic (exact) mass is 387 g/mol. The summed E-state index contributed by atoms with van der Waals surface area (Å²) < 4.78 is 0. The molecule has 146 valence electrons. The average Bonchev–Trinajstić information content (AvgIpc) is 2.75. The SMILES string of the molecule is Cc1nc(-c2ccccc2)ccc1C(=O)Nc1ccc(N2CCNC(=O)C2)nc1. The van der Waals surface area contributed by atoms with Crippen LogP contribution in [0.5, 0.6) is 0 Å². The summed E-state index contributed by atoms with van der Waals surface area (Å²) in [6.45, 7) is 3.43. The van der Waals surface area contributed by atoms with Crippen molar-refractivity contribution in [2.45, 2.75) is 6.92 Å². The number of nitrogens with one attached hydrogen (secondary N) is 2. The van der Waals surface area contributed by atoms with Crippen LogP contribution < -0.4 is 15.5 Å². The molecule has 3 aromatic rings. The van der Waals surface area contributed by atoms with Crippen molar-refractivity contribution in [2.75, 3.05) is 29.9 Å². The summed E-state index contributed by atoms with van der Waals surface area (Å²) in [5.41, 5.74) is 3.60. The number of hydrogen-bond acceptors (Lipinski definition) is 5. The molecule has 1 aromatic carbocycles. The standard InChI is InChI=1S/C22H21N5O2/c1-15-18(8-9-19(25-15)16-5-3-2-4-6-16)22(29)26-17-7-10-20(24-13-17)27-12-11-23-21(28)14-27/h2-10,13H,11-12,14H2,1H3,(H,23,28)(H,26,29). The lowest BCUT2D eigenvalue weighted by Crippen LogP contribution is -2.48. The molecule has 2 N–H and O–H groups in total. The van der Waals surface area contributed by atoms with E-state index in [4.69, 9.17) is 0 Å². The zero-order valence-corrected chi connectivity index (χ0v) is 16.1. The Labute approximate surface area is 168 Å². The maximum Gasteiger partial charge on any atom is 0.257 e. The third-order valence-electron chi connectivity index (χ3n) is 4.77. The second-order valence-corrected chi connectivity index (χ2v) is 6.83. The van der Waals surface area contributed by atoms with Gasteiger partial charge in [-0.05, 0) is 31.2 Å². The van der Waals surface area contributed by atoms with E-state index in [1.807, 2.05) is 48.2 Å². The van der Waals surface area contributed by atoms with Crippen molar-refractivity contribution in [3.8, 4) is 11.3 Å². The molecule has 29 heavy (non-hydrogen) atoms.